The van der Waals surface area contributed by atoms with E-state index in [0.717, 1.165) is 26.1 Å². The van der Waals surface area contributed by atoms with Gasteiger partial charge in [-0.2, -0.15) is 13.2 Å². The third-order valence-corrected chi connectivity index (χ3v) is 6.34. The van der Waals surface area contributed by atoms with Crippen molar-refractivity contribution < 1.29 is 46.5 Å². The first kappa shape index (κ1) is 34.9. The number of carbonyl (C=O) groups excluding carboxylic acids is 2. The van der Waals surface area contributed by atoms with E-state index in [1.807, 2.05) is 25.1 Å². The third kappa shape index (κ3) is 11.1. The quantitative estimate of drug-likeness (QED) is 0.190. The van der Waals surface area contributed by atoms with E-state index in [-0.39, 0.29) is 43.4 Å². The van der Waals surface area contributed by atoms with Gasteiger partial charge >= 0.3 is 12.1 Å². The van der Waals surface area contributed by atoms with E-state index in [9.17, 15) is 27.2 Å². The summed E-state index contributed by atoms with van der Waals surface area (Å²) >= 11 is 0. The van der Waals surface area contributed by atoms with Crippen LogP contribution >= 0.6 is 0 Å². The number of nitrogens with one attached hydrogen (secondary N) is 2. The summed E-state index contributed by atoms with van der Waals surface area (Å²) in [5, 5.41) is 21.1. The largest absolute Gasteiger partial charge is 0.490 e. The maximum atomic E-state index is 12.9. The molecule has 244 valence electrons. The van der Waals surface area contributed by atoms with Crippen LogP contribution in [-0.2, 0) is 16.1 Å². The van der Waals surface area contributed by atoms with Crippen LogP contribution in [0.4, 0.5) is 17.6 Å². The van der Waals surface area contributed by atoms with Gasteiger partial charge in [-0.3, -0.25) is 14.5 Å². The van der Waals surface area contributed by atoms with Crippen molar-refractivity contribution in [1.29, 1.82) is 0 Å². The Balaban J connectivity index is 0.000000707. The molecule has 16 heteroatoms. The van der Waals surface area contributed by atoms with Gasteiger partial charge in [0.2, 0.25) is 0 Å². The van der Waals surface area contributed by atoms with E-state index in [2.05, 4.69) is 38.0 Å². The highest BCUT2D eigenvalue weighted by molar-refractivity contribution is 5.95. The number of carboxylic acid groups (broad SMARTS) is 1. The summed E-state index contributed by atoms with van der Waals surface area (Å²) in [4.78, 5) is 36.4. The van der Waals surface area contributed by atoms with Gasteiger partial charge in [0, 0.05) is 37.8 Å². The highest BCUT2D eigenvalue weighted by Crippen LogP contribution is 2.25. The topological polar surface area (TPSA) is 148 Å². The molecule has 1 saturated heterocycles. The number of nitrogens with zero attached hydrogens (tertiary/aromatic N) is 4. The first-order chi connectivity index (χ1) is 21.5. The summed E-state index contributed by atoms with van der Waals surface area (Å²) in [5.74, 6) is -2.94. The predicted octanol–water partition coefficient (Wildman–Crippen LogP) is 3.02. The Morgan fingerprint density at radius 1 is 1.07 bits per heavy atom. The van der Waals surface area contributed by atoms with Crippen molar-refractivity contribution in [3.8, 4) is 11.4 Å². The molecule has 0 radical (unpaired) electrons. The van der Waals surface area contributed by atoms with E-state index in [4.69, 9.17) is 19.4 Å². The minimum Gasteiger partial charge on any atom is -0.489 e. The number of aromatic nitrogens is 3. The first-order valence-electron chi connectivity index (χ1n) is 14.0. The van der Waals surface area contributed by atoms with E-state index in [1.165, 1.54) is 16.4 Å². The van der Waals surface area contributed by atoms with Crippen LogP contribution in [0.2, 0.25) is 0 Å². The smallest absolute Gasteiger partial charge is 0.489 e. The molecule has 1 unspecified atom stereocenters. The van der Waals surface area contributed by atoms with Crippen molar-refractivity contribution >= 4 is 17.8 Å². The molecule has 0 saturated carbocycles. The number of benzene rings is 2. The van der Waals surface area contributed by atoms with Crippen molar-refractivity contribution in [2.45, 2.75) is 32.1 Å². The lowest BCUT2D eigenvalue weighted by Gasteiger charge is -2.16. The fourth-order valence-corrected chi connectivity index (χ4v) is 4.27. The zero-order valence-corrected chi connectivity index (χ0v) is 24.4. The van der Waals surface area contributed by atoms with Crippen molar-refractivity contribution in [1.82, 2.24) is 30.5 Å². The molecule has 12 nitrogen and oxygen atoms in total. The number of rotatable bonds is 13. The van der Waals surface area contributed by atoms with E-state index in [0.29, 0.717) is 23.5 Å². The van der Waals surface area contributed by atoms with E-state index < -0.39 is 18.8 Å². The number of carbonyl (C=O) groups is 3. The summed E-state index contributed by atoms with van der Waals surface area (Å²) in [5.41, 5.74) is 2.34. The Morgan fingerprint density at radius 2 is 1.80 bits per heavy atom. The molecule has 0 bridgehead atoms. The van der Waals surface area contributed by atoms with Crippen molar-refractivity contribution in [2.75, 3.05) is 46.1 Å². The molecule has 1 atom stereocenters. The number of carboxylic acids is 1. The molecular formula is C29H34F4N6O6. The van der Waals surface area contributed by atoms with E-state index >= 15 is 0 Å². The second kappa shape index (κ2) is 17.1. The van der Waals surface area contributed by atoms with Gasteiger partial charge in [0.1, 0.15) is 24.7 Å². The molecule has 1 aliphatic heterocycles. The Labute approximate surface area is 256 Å². The molecule has 1 aliphatic rings. The van der Waals surface area contributed by atoms with Crippen molar-refractivity contribution in [2.24, 2.45) is 0 Å². The summed E-state index contributed by atoms with van der Waals surface area (Å²) in [6, 6.07) is 15.2. The fraction of sp³-hybridized carbons (Fsp3) is 0.414. The van der Waals surface area contributed by atoms with Crippen molar-refractivity contribution in [3.05, 3.63) is 71.5 Å². The number of amides is 2. The first-order valence-corrected chi connectivity index (χ1v) is 14.0. The number of ether oxygens (including phenoxy) is 2. The zero-order valence-electron chi connectivity index (χ0n) is 24.4. The Morgan fingerprint density at radius 3 is 2.47 bits per heavy atom. The Kier molecular flexibility index (Phi) is 13.2. The summed E-state index contributed by atoms with van der Waals surface area (Å²) in [6.45, 7) is 4.57. The van der Waals surface area contributed by atoms with Crippen LogP contribution in [0.5, 0.6) is 5.75 Å². The molecule has 3 N–H and O–H groups in total. The Hall–Kier alpha value is -4.57. The summed E-state index contributed by atoms with van der Waals surface area (Å²) < 4.78 is 56.4. The maximum Gasteiger partial charge on any atom is 0.490 e. The predicted molar refractivity (Wildman–Crippen MR) is 153 cm³/mol. The van der Waals surface area contributed by atoms with Gasteiger partial charge in [-0.25, -0.2) is 13.9 Å². The normalized spacial score (nSPS) is 14.7. The minimum atomic E-state index is -5.08. The fourth-order valence-electron chi connectivity index (χ4n) is 4.27. The molecule has 3 aromatic rings. The van der Waals surface area contributed by atoms with Crippen molar-refractivity contribution in [3.63, 3.8) is 0 Å². The number of hydrogen-bond acceptors (Lipinski definition) is 8. The third-order valence-electron chi connectivity index (χ3n) is 6.34. The molecule has 0 aliphatic carbocycles. The van der Waals surface area contributed by atoms with Crippen LogP contribution in [0.15, 0.2) is 54.7 Å². The molecule has 1 aromatic heterocycles. The van der Waals surface area contributed by atoms with Crippen LogP contribution in [-0.4, -0.2) is 101 Å². The molecule has 1 fully saturated rings. The van der Waals surface area contributed by atoms with E-state index in [1.54, 1.807) is 18.2 Å². The SMILES string of the molecule is CCNC(=O)c1ccc(-n2cc(C(=O)NC3CCN(Cc4ccccc4)C3)nn2)c(OCCOCCF)c1.O=C(O)C(F)(F)F. The van der Waals surface area contributed by atoms with Gasteiger partial charge in [-0.05, 0) is 37.1 Å². The number of likely N-dealkylation sites (tertiary alicyclic amines) is 1. The number of halogens is 4. The molecule has 4 rings (SSSR count). The van der Waals surface area contributed by atoms with Crippen LogP contribution < -0.4 is 15.4 Å². The number of alkyl halides is 4. The number of hydrogen-bond donors (Lipinski definition) is 3. The molecule has 45 heavy (non-hydrogen) atoms. The van der Waals surface area contributed by atoms with Gasteiger partial charge in [0.25, 0.3) is 11.8 Å². The maximum absolute atomic E-state index is 12.9. The molecular weight excluding hydrogens is 604 g/mol. The molecule has 2 heterocycles. The monoisotopic (exact) mass is 638 g/mol. The second-order valence-electron chi connectivity index (χ2n) is 9.72. The highest BCUT2D eigenvalue weighted by atomic mass is 19.4. The minimum absolute atomic E-state index is 0.0122. The van der Waals surface area contributed by atoms with Gasteiger partial charge in [0.05, 0.1) is 19.4 Å². The molecule has 0 spiro atoms. The lowest BCUT2D eigenvalue weighted by atomic mass is 10.1. The standard InChI is InChI=1S/C27H33FN6O4.C2HF3O2/c1-2-29-26(35)21-8-9-24(25(16-21)38-15-14-37-13-11-28)34-19-23(31-32-34)27(36)30-22-10-12-33(18-22)17-20-6-4-3-5-7-20;3-2(4,5)1(6)7/h3-9,16,19,22H,2,10-15,17-18H2,1H3,(H,29,35)(H,30,36);(H,6,7). The summed E-state index contributed by atoms with van der Waals surface area (Å²) in [6.07, 6.45) is -2.70. The van der Waals surface area contributed by atoms with Crippen LogP contribution in [0, 0.1) is 0 Å². The number of aliphatic carboxylic acids is 1. The average Bonchev–Trinajstić information content (AvgIpc) is 3.67. The Bertz CT molecular complexity index is 1410. The van der Waals surface area contributed by atoms with Gasteiger partial charge < -0.3 is 25.2 Å². The summed E-state index contributed by atoms with van der Waals surface area (Å²) in [7, 11) is 0. The van der Waals surface area contributed by atoms with Crippen LogP contribution in [0.3, 0.4) is 0 Å². The highest BCUT2D eigenvalue weighted by Gasteiger charge is 2.38. The van der Waals surface area contributed by atoms with Gasteiger partial charge in [-0.15, -0.1) is 5.10 Å². The lowest BCUT2D eigenvalue weighted by Crippen LogP contribution is -2.37. The lowest BCUT2D eigenvalue weighted by molar-refractivity contribution is -0.192. The average molecular weight is 639 g/mol. The van der Waals surface area contributed by atoms with Gasteiger partial charge in [-0.1, -0.05) is 35.5 Å². The second-order valence-corrected chi connectivity index (χ2v) is 9.72. The molecule has 2 aromatic carbocycles. The molecule has 2 amide bonds. The van der Waals surface area contributed by atoms with Crippen LogP contribution in [0.25, 0.3) is 5.69 Å². The zero-order chi connectivity index (χ0) is 32.8. The van der Waals surface area contributed by atoms with Gasteiger partial charge in [0.15, 0.2) is 5.69 Å². The van der Waals surface area contributed by atoms with Crippen LogP contribution in [0.1, 0.15) is 39.8 Å².